The van der Waals surface area contributed by atoms with E-state index in [1.54, 1.807) is 0 Å². The van der Waals surface area contributed by atoms with Gasteiger partial charge in [0.15, 0.2) is 0 Å². The van der Waals surface area contributed by atoms with Crippen molar-refractivity contribution in [2.45, 2.75) is 50.7 Å². The number of carbonyl (C=O) groups excluding carboxylic acids is 1. The second-order valence-electron chi connectivity index (χ2n) is 5.26. The molecule has 1 saturated heterocycles. The van der Waals surface area contributed by atoms with Crippen LogP contribution in [0.2, 0.25) is 0 Å². The maximum Gasteiger partial charge on any atom is 0.237 e. The molecule has 108 valence electrons. The van der Waals surface area contributed by atoms with Crippen LogP contribution in [0.15, 0.2) is 5.11 Å². The molecule has 0 bridgehead atoms. The lowest BCUT2D eigenvalue weighted by molar-refractivity contribution is -0.141. The molecule has 0 radical (unpaired) electrons. The average molecular weight is 269 g/mol. The lowest BCUT2D eigenvalue weighted by atomic mass is 9.78. The number of nitrogens with two attached hydrogens (primary N) is 1. The number of amides is 1. The molecule has 1 heterocycles. The fraction of sp³-hybridized carbons (Fsp3) is 0.917. The van der Waals surface area contributed by atoms with Gasteiger partial charge in [0.2, 0.25) is 5.91 Å². The lowest BCUT2D eigenvalue weighted by Crippen LogP contribution is -2.62. The molecule has 2 atom stereocenters. The topological polar surface area (TPSA) is 113 Å². The highest BCUT2D eigenvalue weighted by molar-refractivity contribution is 5.85. The Morgan fingerprint density at radius 2 is 2.37 bits per heavy atom. The first kappa shape index (κ1) is 15.8. The maximum absolute atomic E-state index is 11.8. The normalized spacial score (nSPS) is 30.6. The van der Waals surface area contributed by atoms with Crippen LogP contribution in [0.3, 0.4) is 0 Å². The Kier molecular flexibility index (Phi) is 5.60. The molecular weight excluding hydrogens is 246 g/mol. The Morgan fingerprint density at radius 1 is 1.63 bits per heavy atom. The van der Waals surface area contributed by atoms with Crippen molar-refractivity contribution in [3.63, 3.8) is 0 Å². The molecular formula is C12H23N5O2. The summed E-state index contributed by atoms with van der Waals surface area (Å²) in [7, 11) is 0. The number of nitrogens with zero attached hydrogens (tertiary/aromatic N) is 3. The van der Waals surface area contributed by atoms with Crippen LogP contribution < -0.4 is 11.1 Å². The summed E-state index contributed by atoms with van der Waals surface area (Å²) in [6.07, 6.45) is 2.68. The monoisotopic (exact) mass is 269 g/mol. The predicted octanol–water partition coefficient (Wildman–Crippen LogP) is 1.48. The number of carbonyl (C=O) groups is 1. The predicted molar refractivity (Wildman–Crippen MR) is 72.4 cm³/mol. The van der Waals surface area contributed by atoms with E-state index in [2.05, 4.69) is 15.3 Å². The van der Waals surface area contributed by atoms with Gasteiger partial charge in [-0.05, 0) is 38.3 Å². The Bertz CT molecular complexity index is 369. The molecule has 0 saturated carbocycles. The van der Waals surface area contributed by atoms with Crippen LogP contribution in [0.25, 0.3) is 10.4 Å². The largest absolute Gasteiger partial charge is 0.375 e. The van der Waals surface area contributed by atoms with Gasteiger partial charge in [-0.2, -0.15) is 0 Å². The number of hydrogen-bond acceptors (Lipinski definition) is 4. The van der Waals surface area contributed by atoms with Gasteiger partial charge >= 0.3 is 0 Å². The molecule has 19 heavy (non-hydrogen) atoms. The van der Waals surface area contributed by atoms with E-state index >= 15 is 0 Å². The summed E-state index contributed by atoms with van der Waals surface area (Å²) < 4.78 is 5.75. The van der Waals surface area contributed by atoms with Crippen molar-refractivity contribution in [1.29, 1.82) is 0 Å². The fourth-order valence-electron chi connectivity index (χ4n) is 2.45. The van der Waals surface area contributed by atoms with Crippen LogP contribution >= 0.6 is 0 Å². The number of ether oxygens (including phenoxy) is 1. The minimum Gasteiger partial charge on any atom is -0.375 e. The molecule has 7 nitrogen and oxygen atoms in total. The van der Waals surface area contributed by atoms with Crippen LogP contribution in [0.5, 0.6) is 0 Å². The van der Waals surface area contributed by atoms with E-state index in [-0.39, 0.29) is 11.5 Å². The number of rotatable bonds is 7. The Labute approximate surface area is 113 Å². The van der Waals surface area contributed by atoms with Gasteiger partial charge in [-0.1, -0.05) is 12.0 Å². The van der Waals surface area contributed by atoms with Crippen molar-refractivity contribution in [3.05, 3.63) is 10.4 Å². The van der Waals surface area contributed by atoms with Crippen LogP contribution in [0.1, 0.15) is 39.5 Å². The van der Waals surface area contributed by atoms with E-state index in [0.717, 1.165) is 6.42 Å². The van der Waals surface area contributed by atoms with Gasteiger partial charge in [-0.15, -0.1) is 0 Å². The highest BCUT2D eigenvalue weighted by atomic mass is 16.5. The van der Waals surface area contributed by atoms with E-state index in [4.69, 9.17) is 16.0 Å². The highest BCUT2D eigenvalue weighted by Crippen LogP contribution is 2.34. The van der Waals surface area contributed by atoms with Crippen LogP contribution in [0, 0.1) is 0 Å². The molecule has 1 amide bonds. The summed E-state index contributed by atoms with van der Waals surface area (Å²) in [6.45, 7) is 5.59. The minimum absolute atomic E-state index is 0.314. The third-order valence-corrected chi connectivity index (χ3v) is 3.84. The number of hydrogen-bond donors (Lipinski definition) is 2. The molecule has 7 heteroatoms. The van der Waals surface area contributed by atoms with Gasteiger partial charge in [0, 0.05) is 24.5 Å². The number of nitrogens with one attached hydrogen (secondary N) is 1. The zero-order valence-corrected chi connectivity index (χ0v) is 11.7. The van der Waals surface area contributed by atoms with Gasteiger partial charge in [-0.3, -0.25) is 4.79 Å². The molecule has 0 aromatic carbocycles. The molecule has 1 fully saturated rings. The van der Waals surface area contributed by atoms with Crippen LogP contribution in [-0.4, -0.2) is 36.7 Å². The van der Waals surface area contributed by atoms with Gasteiger partial charge in [0.25, 0.3) is 0 Å². The summed E-state index contributed by atoms with van der Waals surface area (Å²) in [5.41, 5.74) is 12.8. The Balaban J connectivity index is 2.64. The molecule has 0 spiro atoms. The molecule has 0 aromatic rings. The van der Waals surface area contributed by atoms with E-state index in [1.807, 2.05) is 13.8 Å². The van der Waals surface area contributed by atoms with E-state index < -0.39 is 5.54 Å². The summed E-state index contributed by atoms with van der Waals surface area (Å²) in [5, 5.41) is 6.71. The Morgan fingerprint density at radius 3 is 2.95 bits per heavy atom. The van der Waals surface area contributed by atoms with Crippen molar-refractivity contribution in [2.24, 2.45) is 10.8 Å². The quantitative estimate of drug-likeness (QED) is 0.316. The maximum atomic E-state index is 11.8. The first-order valence-corrected chi connectivity index (χ1v) is 6.68. The van der Waals surface area contributed by atoms with Crippen molar-refractivity contribution < 1.29 is 9.53 Å². The van der Waals surface area contributed by atoms with Gasteiger partial charge in [0.1, 0.15) is 5.54 Å². The van der Waals surface area contributed by atoms with Crippen molar-refractivity contribution in [1.82, 2.24) is 5.32 Å². The van der Waals surface area contributed by atoms with Crippen molar-refractivity contribution in [3.8, 4) is 0 Å². The lowest BCUT2D eigenvalue weighted by Gasteiger charge is -2.44. The van der Waals surface area contributed by atoms with E-state index in [0.29, 0.717) is 39.0 Å². The van der Waals surface area contributed by atoms with Crippen molar-refractivity contribution in [2.75, 3.05) is 19.7 Å². The van der Waals surface area contributed by atoms with Gasteiger partial charge < -0.3 is 15.8 Å². The molecule has 1 aliphatic rings. The number of primary amides is 1. The number of azide groups is 1. The Hall–Kier alpha value is -1.30. The minimum atomic E-state index is -0.709. The molecule has 1 aliphatic heterocycles. The van der Waals surface area contributed by atoms with Crippen molar-refractivity contribution >= 4 is 5.91 Å². The summed E-state index contributed by atoms with van der Waals surface area (Å²) in [6, 6.07) is 0. The van der Waals surface area contributed by atoms with E-state index in [1.165, 1.54) is 0 Å². The summed E-state index contributed by atoms with van der Waals surface area (Å²) >= 11 is 0. The molecule has 2 unspecified atom stereocenters. The molecule has 0 aliphatic carbocycles. The zero-order valence-electron chi connectivity index (χ0n) is 11.7. The molecule has 1 rings (SSSR count). The summed E-state index contributed by atoms with van der Waals surface area (Å²) in [5.74, 6) is -0.334. The first-order chi connectivity index (χ1) is 8.98. The van der Waals surface area contributed by atoms with Gasteiger partial charge in [0.05, 0.1) is 5.60 Å². The SMILES string of the molecule is CCC1(C)CC(NCCCN=[N+]=[N-])(C(N)=O)CCO1. The third kappa shape index (κ3) is 4.09. The second kappa shape index (κ2) is 6.75. The summed E-state index contributed by atoms with van der Waals surface area (Å²) in [4.78, 5) is 14.5. The van der Waals surface area contributed by atoms with Gasteiger partial charge in [-0.25, -0.2) is 0 Å². The fourth-order valence-corrected chi connectivity index (χ4v) is 2.45. The average Bonchev–Trinajstić information content (AvgIpc) is 2.38. The van der Waals surface area contributed by atoms with Crippen LogP contribution in [0.4, 0.5) is 0 Å². The first-order valence-electron chi connectivity index (χ1n) is 6.68. The zero-order chi connectivity index (χ0) is 14.4. The van der Waals surface area contributed by atoms with Crippen LogP contribution in [-0.2, 0) is 9.53 Å². The smallest absolute Gasteiger partial charge is 0.237 e. The van der Waals surface area contributed by atoms with E-state index in [9.17, 15) is 4.79 Å². The standard InChI is InChI=1S/C12H23N5O2/c1-3-11(2)9-12(10(13)18,5-8-19-11)15-6-4-7-16-17-14/h15H,3-9H2,1-2H3,(H2,13,18). The highest BCUT2D eigenvalue weighted by Gasteiger charge is 2.46. The third-order valence-electron chi connectivity index (χ3n) is 3.84. The molecule has 3 N–H and O–H groups in total. The molecule has 0 aromatic heterocycles. The second-order valence-corrected chi connectivity index (χ2v) is 5.26.